The highest BCUT2D eigenvalue weighted by Gasteiger charge is 2.24. The molecule has 12 heteroatoms. The van der Waals surface area contributed by atoms with E-state index in [0.717, 1.165) is 0 Å². The molecule has 0 saturated carbocycles. The lowest BCUT2D eigenvalue weighted by molar-refractivity contribution is -0.135. The molecule has 0 aliphatic carbocycles. The number of carbonyl (C=O) groups excluding carboxylic acids is 2. The fraction of sp³-hybridized carbons (Fsp3) is 0.500. The van der Waals surface area contributed by atoms with Crippen molar-refractivity contribution in [2.45, 2.75) is 18.5 Å². The van der Waals surface area contributed by atoms with Crippen LogP contribution in [0.25, 0.3) is 0 Å². The Morgan fingerprint density at radius 3 is 2.59 bits per heavy atom. The van der Waals surface area contributed by atoms with Crippen LogP contribution in [0.3, 0.4) is 0 Å². The van der Waals surface area contributed by atoms with E-state index in [-0.39, 0.29) is 18.1 Å². The molecular formula is C10H16N6O6. The fourth-order valence-corrected chi connectivity index (χ4v) is 1.39. The maximum absolute atomic E-state index is 11.5. The second kappa shape index (κ2) is 7.90. The first-order valence-corrected chi connectivity index (χ1v) is 6.07. The summed E-state index contributed by atoms with van der Waals surface area (Å²) in [5.74, 6) is -2.16. The van der Waals surface area contributed by atoms with Gasteiger partial charge >= 0.3 is 12.0 Å². The van der Waals surface area contributed by atoms with E-state index in [0.29, 0.717) is 0 Å². The lowest BCUT2D eigenvalue weighted by Gasteiger charge is -2.13. The van der Waals surface area contributed by atoms with Gasteiger partial charge in [0, 0.05) is 0 Å². The molecule has 1 rings (SSSR count). The second-order valence-electron chi connectivity index (χ2n) is 4.22. The van der Waals surface area contributed by atoms with Crippen molar-refractivity contribution in [2.75, 3.05) is 13.2 Å². The molecule has 2 atom stereocenters. The molecular weight excluding hydrogens is 300 g/mol. The lowest BCUT2D eigenvalue weighted by Crippen LogP contribution is -2.41. The molecule has 0 aliphatic heterocycles. The quantitative estimate of drug-likeness (QED) is 0.296. The van der Waals surface area contributed by atoms with Gasteiger partial charge in [-0.2, -0.15) is 4.98 Å². The average Bonchev–Trinajstić information content (AvgIpc) is 2.92. The molecule has 0 saturated heterocycles. The third-order valence-electron chi connectivity index (χ3n) is 2.39. The monoisotopic (exact) mass is 316 g/mol. The van der Waals surface area contributed by atoms with Crippen LogP contribution in [0, 0.1) is 0 Å². The normalized spacial score (nSPS) is 13.2. The summed E-state index contributed by atoms with van der Waals surface area (Å²) in [4.78, 5) is 36.8. The number of aliphatic carboxylic acids is 1. The Kier molecular flexibility index (Phi) is 6.22. The van der Waals surface area contributed by atoms with E-state index in [1.807, 2.05) is 5.32 Å². The van der Waals surface area contributed by atoms with Crippen LogP contribution in [0.2, 0.25) is 0 Å². The Bertz CT molecular complexity index is 546. The minimum atomic E-state index is -1.24. The van der Waals surface area contributed by atoms with Crippen LogP contribution in [-0.4, -0.2) is 51.4 Å². The number of rotatable bonds is 8. The molecule has 0 radical (unpaired) electrons. The number of carboxylic acid groups (broad SMARTS) is 1. The summed E-state index contributed by atoms with van der Waals surface area (Å²) in [5, 5.41) is 25.2. The molecule has 8 N–H and O–H groups in total. The van der Waals surface area contributed by atoms with E-state index < -0.39 is 43.1 Å². The number of primary amides is 1. The summed E-state index contributed by atoms with van der Waals surface area (Å²) >= 11 is 0. The van der Waals surface area contributed by atoms with Gasteiger partial charge < -0.3 is 36.8 Å². The zero-order valence-electron chi connectivity index (χ0n) is 11.4. The first kappa shape index (κ1) is 17.3. The highest BCUT2D eigenvalue weighted by molar-refractivity contribution is 5.81. The summed E-state index contributed by atoms with van der Waals surface area (Å²) < 4.78 is 4.86. The number of urea groups is 1. The molecule has 0 aromatic carbocycles. The van der Waals surface area contributed by atoms with Gasteiger partial charge in [0.1, 0.15) is 12.6 Å². The number of aromatic nitrogens is 2. The first-order valence-electron chi connectivity index (χ1n) is 6.07. The fourth-order valence-electron chi connectivity index (χ4n) is 1.39. The van der Waals surface area contributed by atoms with Gasteiger partial charge in [0.15, 0.2) is 5.82 Å². The summed E-state index contributed by atoms with van der Waals surface area (Å²) in [7, 11) is 0. The van der Waals surface area contributed by atoms with Gasteiger partial charge in [-0.15, -0.1) is 0 Å². The van der Waals surface area contributed by atoms with E-state index in [4.69, 9.17) is 26.2 Å². The van der Waals surface area contributed by atoms with Crippen LogP contribution < -0.4 is 22.1 Å². The minimum Gasteiger partial charge on any atom is -0.480 e. The number of nitrogens with one attached hydrogen (secondary N) is 2. The molecule has 0 spiro atoms. The van der Waals surface area contributed by atoms with Crippen molar-refractivity contribution in [1.29, 1.82) is 0 Å². The van der Waals surface area contributed by atoms with Crippen molar-refractivity contribution < 1.29 is 29.1 Å². The number of hydrogen-bond donors (Lipinski definition) is 6. The number of carboxylic acids is 1. The van der Waals surface area contributed by atoms with E-state index in [2.05, 4.69) is 15.5 Å². The Morgan fingerprint density at radius 2 is 2.05 bits per heavy atom. The predicted molar refractivity (Wildman–Crippen MR) is 69.0 cm³/mol. The summed E-state index contributed by atoms with van der Waals surface area (Å²) in [5.41, 5.74) is 10.6. The molecule has 1 unspecified atom stereocenters. The van der Waals surface area contributed by atoms with Gasteiger partial charge in [0.05, 0.1) is 19.1 Å². The molecule has 12 nitrogen and oxygen atoms in total. The number of nitrogens with two attached hydrogens (primary N) is 2. The minimum absolute atomic E-state index is 0.0142. The molecule has 3 amide bonds. The van der Waals surface area contributed by atoms with Crippen molar-refractivity contribution in [3.8, 4) is 0 Å². The Hall–Kier alpha value is -2.73. The van der Waals surface area contributed by atoms with Crippen molar-refractivity contribution in [3.63, 3.8) is 0 Å². The van der Waals surface area contributed by atoms with E-state index >= 15 is 0 Å². The molecule has 1 aromatic rings. The molecule has 1 heterocycles. The largest absolute Gasteiger partial charge is 0.480 e. The van der Waals surface area contributed by atoms with Crippen molar-refractivity contribution in [2.24, 2.45) is 11.5 Å². The lowest BCUT2D eigenvalue weighted by atomic mass is 10.2. The van der Waals surface area contributed by atoms with Crippen LogP contribution in [0.15, 0.2) is 4.52 Å². The third-order valence-corrected chi connectivity index (χ3v) is 2.39. The van der Waals surface area contributed by atoms with Gasteiger partial charge in [-0.3, -0.25) is 9.59 Å². The van der Waals surface area contributed by atoms with E-state index in [9.17, 15) is 14.4 Å². The number of amides is 3. The third kappa shape index (κ3) is 5.34. The SMILES string of the molecule is NC(=O)C[C@@H](NC(=O)NCC(=O)O)c1nc(C(N)CO)no1. The highest BCUT2D eigenvalue weighted by Crippen LogP contribution is 2.16. The van der Waals surface area contributed by atoms with Gasteiger partial charge in [-0.05, 0) is 0 Å². The number of aliphatic hydroxyl groups excluding tert-OH is 1. The number of aliphatic hydroxyl groups is 1. The van der Waals surface area contributed by atoms with Crippen LogP contribution in [0.1, 0.15) is 30.2 Å². The first-order chi connectivity index (χ1) is 10.3. The average molecular weight is 316 g/mol. The van der Waals surface area contributed by atoms with E-state index in [1.54, 1.807) is 0 Å². The Morgan fingerprint density at radius 1 is 1.36 bits per heavy atom. The van der Waals surface area contributed by atoms with Gasteiger partial charge in [0.25, 0.3) is 0 Å². The molecule has 22 heavy (non-hydrogen) atoms. The molecule has 0 fully saturated rings. The smallest absolute Gasteiger partial charge is 0.323 e. The number of carbonyl (C=O) groups is 3. The van der Waals surface area contributed by atoms with Crippen LogP contribution in [0.5, 0.6) is 0 Å². The van der Waals surface area contributed by atoms with Crippen molar-refractivity contribution in [3.05, 3.63) is 11.7 Å². The number of hydrogen-bond acceptors (Lipinski definition) is 8. The maximum atomic E-state index is 11.5. The highest BCUT2D eigenvalue weighted by atomic mass is 16.5. The van der Waals surface area contributed by atoms with Crippen molar-refractivity contribution >= 4 is 17.9 Å². The molecule has 0 bridgehead atoms. The summed E-state index contributed by atoms with van der Waals surface area (Å²) in [6.45, 7) is -1.04. The van der Waals surface area contributed by atoms with Gasteiger partial charge in [-0.25, -0.2) is 4.79 Å². The summed E-state index contributed by atoms with van der Waals surface area (Å²) in [6, 6.07) is -2.80. The number of nitrogens with zero attached hydrogens (tertiary/aromatic N) is 2. The van der Waals surface area contributed by atoms with Crippen LogP contribution in [-0.2, 0) is 9.59 Å². The zero-order valence-corrected chi connectivity index (χ0v) is 11.4. The Balaban J connectivity index is 2.79. The van der Waals surface area contributed by atoms with Crippen LogP contribution >= 0.6 is 0 Å². The molecule has 1 aromatic heterocycles. The predicted octanol–water partition coefficient (Wildman–Crippen LogP) is -2.64. The zero-order chi connectivity index (χ0) is 16.7. The second-order valence-corrected chi connectivity index (χ2v) is 4.22. The van der Waals surface area contributed by atoms with Crippen LogP contribution in [0.4, 0.5) is 4.79 Å². The molecule has 122 valence electrons. The van der Waals surface area contributed by atoms with Crippen molar-refractivity contribution in [1.82, 2.24) is 20.8 Å². The van der Waals surface area contributed by atoms with Gasteiger partial charge in [-0.1, -0.05) is 5.16 Å². The van der Waals surface area contributed by atoms with E-state index in [1.165, 1.54) is 0 Å². The Labute approximate surface area is 123 Å². The van der Waals surface area contributed by atoms with Gasteiger partial charge in [0.2, 0.25) is 11.8 Å². The maximum Gasteiger partial charge on any atom is 0.323 e. The standard InChI is InChI=1S/C10H16N6O6/c11-4(3-17)8-15-9(22-16-8)5(1-6(12)18)14-10(21)13-2-7(19)20/h4-5,17H,1-3,11H2,(H2,12,18)(H,19,20)(H2,13,14,21)/t4?,5-/m1/s1. The summed E-state index contributed by atoms with van der Waals surface area (Å²) in [6.07, 6.45) is -0.351. The molecule has 0 aliphatic rings. The topological polar surface area (TPSA) is 207 Å².